The van der Waals surface area contributed by atoms with Gasteiger partial charge in [0.1, 0.15) is 6.04 Å². The third kappa shape index (κ3) is 7.91. The summed E-state index contributed by atoms with van der Waals surface area (Å²) in [6.07, 6.45) is 11.0. The second-order valence-electron chi connectivity index (χ2n) is 12.6. The van der Waals surface area contributed by atoms with Crippen molar-refractivity contribution in [3.05, 3.63) is 0 Å². The Balaban J connectivity index is 1.62. The first-order chi connectivity index (χ1) is 17.5. The zero-order chi connectivity index (χ0) is 27.2. The molecule has 3 fully saturated rings. The molecule has 37 heavy (non-hydrogen) atoms. The van der Waals surface area contributed by atoms with Gasteiger partial charge in [0, 0.05) is 32.1 Å². The summed E-state index contributed by atoms with van der Waals surface area (Å²) in [6, 6.07) is -0.725. The lowest BCUT2D eigenvalue weighted by molar-refractivity contribution is -0.156. The van der Waals surface area contributed by atoms with Crippen molar-refractivity contribution in [2.45, 2.75) is 103 Å². The van der Waals surface area contributed by atoms with E-state index in [-0.39, 0.29) is 36.2 Å². The summed E-state index contributed by atoms with van der Waals surface area (Å²) in [5, 5.41) is 13.3. The van der Waals surface area contributed by atoms with Crippen LogP contribution in [-0.2, 0) is 19.2 Å². The van der Waals surface area contributed by atoms with Crippen molar-refractivity contribution in [3.8, 4) is 0 Å². The van der Waals surface area contributed by atoms with Crippen LogP contribution in [0.1, 0.15) is 91.4 Å². The van der Waals surface area contributed by atoms with Crippen molar-refractivity contribution in [2.75, 3.05) is 26.7 Å². The minimum Gasteiger partial charge on any atom is -0.344 e. The number of likely N-dealkylation sites (N-methyl/N-ethyl adjacent to an activating group) is 1. The third-order valence-electron chi connectivity index (χ3n) is 8.77. The lowest BCUT2D eigenvalue weighted by Crippen LogP contribution is -2.58. The normalized spacial score (nSPS) is 21.5. The van der Waals surface area contributed by atoms with Crippen molar-refractivity contribution >= 4 is 24.1 Å². The highest BCUT2D eigenvalue weighted by Crippen LogP contribution is 2.32. The number of hydrogen-bond acceptors (Lipinski definition) is 5. The van der Waals surface area contributed by atoms with Crippen molar-refractivity contribution in [2.24, 2.45) is 23.2 Å². The number of nitrogens with one attached hydrogen (secondary N) is 1. The maximum atomic E-state index is 13.7. The maximum absolute atomic E-state index is 13.7. The van der Waals surface area contributed by atoms with Crippen LogP contribution in [0.4, 0.5) is 0 Å². The standard InChI is InChI=1S/C28H48N4O5/c1-28(2,3)24(29-25(34)22(18-32(37)19-33)17-20-9-5-6-10-20)27(36)30(4)23-13-15-31(16-14-23)26(35)21-11-7-8-12-21/h19-24,37H,5-18H2,1-4H3,(H,29,34)/t22-,24-/m1/s1. The monoisotopic (exact) mass is 520 g/mol. The fourth-order valence-corrected chi connectivity index (χ4v) is 6.38. The molecule has 3 rings (SSSR count). The molecule has 0 radical (unpaired) electrons. The molecule has 210 valence electrons. The van der Waals surface area contributed by atoms with Crippen molar-refractivity contribution in [1.82, 2.24) is 20.2 Å². The summed E-state index contributed by atoms with van der Waals surface area (Å²) in [5.41, 5.74) is -0.526. The van der Waals surface area contributed by atoms with Gasteiger partial charge in [-0.1, -0.05) is 59.3 Å². The highest BCUT2D eigenvalue weighted by atomic mass is 16.5. The van der Waals surface area contributed by atoms with Crippen LogP contribution in [0.25, 0.3) is 0 Å². The zero-order valence-electron chi connectivity index (χ0n) is 23.3. The molecule has 4 amide bonds. The molecule has 9 nitrogen and oxygen atoms in total. The van der Waals surface area contributed by atoms with Gasteiger partial charge in [-0.2, -0.15) is 0 Å². The lowest BCUT2D eigenvalue weighted by Gasteiger charge is -2.41. The van der Waals surface area contributed by atoms with Gasteiger partial charge >= 0.3 is 0 Å². The molecule has 2 N–H and O–H groups in total. The van der Waals surface area contributed by atoms with Gasteiger partial charge < -0.3 is 15.1 Å². The Morgan fingerprint density at radius 2 is 1.57 bits per heavy atom. The van der Waals surface area contributed by atoms with Gasteiger partial charge in [0.25, 0.3) is 0 Å². The Bertz CT molecular complexity index is 793. The number of likely N-dealkylation sites (tertiary alicyclic amines) is 1. The van der Waals surface area contributed by atoms with E-state index in [1.807, 2.05) is 25.7 Å². The van der Waals surface area contributed by atoms with Crippen molar-refractivity contribution < 1.29 is 24.4 Å². The summed E-state index contributed by atoms with van der Waals surface area (Å²) in [7, 11) is 1.80. The third-order valence-corrected chi connectivity index (χ3v) is 8.77. The van der Waals surface area contributed by atoms with Crippen LogP contribution in [0.15, 0.2) is 0 Å². The van der Waals surface area contributed by atoms with Gasteiger partial charge in [-0.3, -0.25) is 24.4 Å². The van der Waals surface area contributed by atoms with Crippen LogP contribution >= 0.6 is 0 Å². The molecule has 2 saturated carbocycles. The van der Waals surface area contributed by atoms with E-state index in [0.29, 0.717) is 36.9 Å². The fraction of sp³-hybridized carbons (Fsp3) is 0.857. The average Bonchev–Trinajstić information content (AvgIpc) is 3.59. The lowest BCUT2D eigenvalue weighted by atomic mass is 9.84. The first-order valence-electron chi connectivity index (χ1n) is 14.3. The largest absolute Gasteiger partial charge is 0.344 e. The second-order valence-corrected chi connectivity index (χ2v) is 12.6. The number of amides is 4. The van der Waals surface area contributed by atoms with Gasteiger partial charge in [0.05, 0.1) is 12.5 Å². The van der Waals surface area contributed by atoms with Crippen LogP contribution in [0.3, 0.4) is 0 Å². The molecule has 3 aliphatic rings. The highest BCUT2D eigenvalue weighted by Gasteiger charge is 2.40. The summed E-state index contributed by atoms with van der Waals surface area (Å²) in [6.45, 7) is 7.03. The minimum atomic E-state index is -0.738. The molecule has 1 heterocycles. The van der Waals surface area contributed by atoms with Gasteiger partial charge in [-0.05, 0) is 43.4 Å². The second kappa shape index (κ2) is 13.1. The smallest absolute Gasteiger partial charge is 0.245 e. The quantitative estimate of drug-likeness (QED) is 0.261. The average molecular weight is 521 g/mol. The number of carbonyl (C=O) groups is 4. The first kappa shape index (κ1) is 29.4. The first-order valence-corrected chi connectivity index (χ1v) is 14.3. The Morgan fingerprint density at radius 1 is 1.00 bits per heavy atom. The topological polar surface area (TPSA) is 110 Å². The van der Waals surface area contributed by atoms with Gasteiger partial charge in [0.2, 0.25) is 24.1 Å². The number of hydroxylamine groups is 2. The SMILES string of the molecule is CN(C(=O)[C@@H](NC(=O)[C@H](CC1CCCC1)CN(O)C=O)C(C)(C)C)C1CCN(C(=O)C2CCCC2)CC1. The molecule has 2 aliphatic carbocycles. The van der Waals surface area contributed by atoms with E-state index in [4.69, 9.17) is 0 Å². The number of carbonyl (C=O) groups excluding carboxylic acids is 4. The van der Waals surface area contributed by atoms with E-state index in [9.17, 15) is 24.4 Å². The minimum absolute atomic E-state index is 0.0131. The Labute approximate surface area is 222 Å². The maximum Gasteiger partial charge on any atom is 0.245 e. The molecular formula is C28H48N4O5. The van der Waals surface area contributed by atoms with E-state index in [2.05, 4.69) is 5.32 Å². The van der Waals surface area contributed by atoms with Gasteiger partial charge in [-0.15, -0.1) is 0 Å². The van der Waals surface area contributed by atoms with Crippen LogP contribution in [-0.4, -0.2) is 83.0 Å². The summed E-state index contributed by atoms with van der Waals surface area (Å²) in [5.74, 6) is -0.192. The van der Waals surface area contributed by atoms with E-state index >= 15 is 0 Å². The van der Waals surface area contributed by atoms with Crippen LogP contribution in [0.5, 0.6) is 0 Å². The van der Waals surface area contributed by atoms with E-state index in [1.54, 1.807) is 11.9 Å². The van der Waals surface area contributed by atoms with Crippen molar-refractivity contribution in [3.63, 3.8) is 0 Å². The highest BCUT2D eigenvalue weighted by molar-refractivity contribution is 5.89. The predicted octanol–water partition coefficient (Wildman–Crippen LogP) is 3.20. The fourth-order valence-electron chi connectivity index (χ4n) is 6.38. The molecular weight excluding hydrogens is 472 g/mol. The van der Waals surface area contributed by atoms with E-state index in [1.165, 1.54) is 0 Å². The van der Waals surface area contributed by atoms with Crippen molar-refractivity contribution in [1.29, 1.82) is 0 Å². The Hall–Kier alpha value is -2.16. The number of piperidine rings is 1. The summed E-state index contributed by atoms with van der Waals surface area (Å²) >= 11 is 0. The molecule has 9 heteroatoms. The number of rotatable bonds is 10. The Morgan fingerprint density at radius 3 is 2.11 bits per heavy atom. The molecule has 1 aliphatic heterocycles. The van der Waals surface area contributed by atoms with E-state index < -0.39 is 17.4 Å². The molecule has 1 saturated heterocycles. The zero-order valence-corrected chi connectivity index (χ0v) is 23.3. The molecule has 0 aromatic heterocycles. The van der Waals surface area contributed by atoms with Gasteiger partial charge in [-0.25, -0.2) is 5.06 Å². The number of hydrogen-bond donors (Lipinski definition) is 2. The number of nitrogens with zero attached hydrogens (tertiary/aromatic N) is 3. The van der Waals surface area contributed by atoms with E-state index in [0.717, 1.165) is 64.2 Å². The molecule has 0 aromatic carbocycles. The summed E-state index contributed by atoms with van der Waals surface area (Å²) < 4.78 is 0. The molecule has 2 atom stereocenters. The van der Waals surface area contributed by atoms with Crippen LogP contribution in [0, 0.1) is 23.2 Å². The molecule has 0 bridgehead atoms. The predicted molar refractivity (Wildman–Crippen MR) is 140 cm³/mol. The van der Waals surface area contributed by atoms with Gasteiger partial charge in [0.15, 0.2) is 0 Å². The molecule has 0 spiro atoms. The summed E-state index contributed by atoms with van der Waals surface area (Å²) in [4.78, 5) is 54.7. The Kier molecular flexibility index (Phi) is 10.4. The van der Waals surface area contributed by atoms with Crippen LogP contribution in [0.2, 0.25) is 0 Å². The van der Waals surface area contributed by atoms with Crippen LogP contribution < -0.4 is 5.32 Å². The molecule has 0 aromatic rings. The molecule has 0 unspecified atom stereocenters.